The minimum atomic E-state index is 0.224. The summed E-state index contributed by atoms with van der Waals surface area (Å²) in [6.07, 6.45) is 4.09. The largest absolute Gasteiger partial charge is 0.473 e. The van der Waals surface area contributed by atoms with Crippen LogP contribution in [0.5, 0.6) is 5.88 Å². The number of aromatic nitrogens is 1. The molecule has 3 aliphatic rings. The lowest BCUT2D eigenvalue weighted by Gasteiger charge is -2.47. The lowest BCUT2D eigenvalue weighted by Crippen LogP contribution is -2.61. The zero-order valence-corrected chi connectivity index (χ0v) is 13.0. The molecule has 3 fully saturated rings. The van der Waals surface area contributed by atoms with Crippen LogP contribution in [0.25, 0.3) is 0 Å². The molecule has 1 aromatic heterocycles. The van der Waals surface area contributed by atoms with Crippen LogP contribution in [-0.4, -0.2) is 45.5 Å². The van der Waals surface area contributed by atoms with Crippen LogP contribution in [0, 0.1) is 11.8 Å². The predicted molar refractivity (Wildman–Crippen MR) is 82.3 cm³/mol. The molecule has 5 heteroatoms. The van der Waals surface area contributed by atoms with Gasteiger partial charge in [0.2, 0.25) is 11.8 Å². The third-order valence-corrected chi connectivity index (χ3v) is 6.37. The minimum absolute atomic E-state index is 0.224. The number of thioether (sulfide) groups is 1. The Morgan fingerprint density at radius 2 is 2.29 bits per heavy atom. The summed E-state index contributed by atoms with van der Waals surface area (Å²) in [5, 5.41) is 0. The van der Waals surface area contributed by atoms with Crippen LogP contribution in [0.4, 0.5) is 0 Å². The minimum Gasteiger partial charge on any atom is -0.473 e. The van der Waals surface area contributed by atoms with E-state index in [0.717, 1.165) is 31.7 Å². The van der Waals surface area contributed by atoms with Gasteiger partial charge in [-0.05, 0) is 18.4 Å². The summed E-state index contributed by atoms with van der Waals surface area (Å²) >= 11 is 1.97. The zero-order valence-electron chi connectivity index (χ0n) is 12.2. The van der Waals surface area contributed by atoms with Gasteiger partial charge in [-0.1, -0.05) is 13.0 Å². The third kappa shape index (κ3) is 2.52. The van der Waals surface area contributed by atoms with E-state index in [-0.39, 0.29) is 10.9 Å². The Hall–Kier alpha value is -1.23. The van der Waals surface area contributed by atoms with Gasteiger partial charge in [0.1, 0.15) is 6.10 Å². The van der Waals surface area contributed by atoms with Crippen molar-refractivity contribution >= 4 is 17.7 Å². The van der Waals surface area contributed by atoms with Crippen molar-refractivity contribution in [3.63, 3.8) is 0 Å². The Labute approximate surface area is 129 Å². The highest BCUT2D eigenvalue weighted by Gasteiger charge is 2.54. The van der Waals surface area contributed by atoms with Gasteiger partial charge < -0.3 is 9.64 Å². The molecule has 4 rings (SSSR count). The highest BCUT2D eigenvalue weighted by Crippen LogP contribution is 2.48. The summed E-state index contributed by atoms with van der Waals surface area (Å²) in [4.78, 5) is 18.5. The quantitative estimate of drug-likeness (QED) is 0.858. The Morgan fingerprint density at radius 3 is 2.95 bits per heavy atom. The standard InChI is InChI=1S/C16H20N2O2S/c1-11-6-13(11)15(19)18-9-16(10-18)7-12(8-21-16)20-14-4-2-3-5-17-14/h2-5,11-13H,6-10H2,1H3. The number of pyridine rings is 1. The lowest BCUT2D eigenvalue weighted by molar-refractivity contribution is -0.138. The second-order valence-corrected chi connectivity index (χ2v) is 8.11. The number of hydrogen-bond donors (Lipinski definition) is 0. The van der Waals surface area contributed by atoms with Crippen LogP contribution < -0.4 is 4.74 Å². The van der Waals surface area contributed by atoms with Crippen LogP contribution in [0.1, 0.15) is 19.8 Å². The fourth-order valence-electron chi connectivity index (χ4n) is 3.39. The van der Waals surface area contributed by atoms with Crippen molar-refractivity contribution in [3.8, 4) is 5.88 Å². The molecule has 1 saturated carbocycles. The Morgan fingerprint density at radius 1 is 1.48 bits per heavy atom. The molecule has 2 saturated heterocycles. The van der Waals surface area contributed by atoms with Gasteiger partial charge in [-0.2, -0.15) is 0 Å². The van der Waals surface area contributed by atoms with Crippen LogP contribution in [-0.2, 0) is 4.79 Å². The molecule has 0 radical (unpaired) electrons. The van der Waals surface area contributed by atoms with Crippen molar-refractivity contribution in [3.05, 3.63) is 24.4 Å². The van der Waals surface area contributed by atoms with Crippen LogP contribution >= 0.6 is 11.8 Å². The van der Waals surface area contributed by atoms with E-state index in [1.165, 1.54) is 0 Å². The number of likely N-dealkylation sites (tertiary alicyclic amines) is 1. The maximum absolute atomic E-state index is 12.2. The first kappa shape index (κ1) is 13.4. The molecule has 3 heterocycles. The van der Waals surface area contributed by atoms with Gasteiger partial charge in [0, 0.05) is 43.4 Å². The number of hydrogen-bond acceptors (Lipinski definition) is 4. The third-order valence-electron chi connectivity index (χ3n) is 4.80. The number of carbonyl (C=O) groups is 1. The second-order valence-electron chi connectivity index (χ2n) is 6.62. The van der Waals surface area contributed by atoms with Gasteiger partial charge in [0.15, 0.2) is 0 Å². The molecule has 1 aliphatic carbocycles. The van der Waals surface area contributed by atoms with Gasteiger partial charge in [0.05, 0.1) is 4.75 Å². The highest BCUT2D eigenvalue weighted by atomic mass is 32.2. The van der Waals surface area contributed by atoms with E-state index < -0.39 is 0 Å². The second kappa shape index (κ2) is 4.90. The van der Waals surface area contributed by atoms with Gasteiger partial charge >= 0.3 is 0 Å². The van der Waals surface area contributed by atoms with E-state index in [9.17, 15) is 4.79 Å². The molecule has 1 aromatic rings. The molecule has 4 nitrogen and oxygen atoms in total. The van der Waals surface area contributed by atoms with Crippen molar-refractivity contribution in [2.24, 2.45) is 11.8 Å². The van der Waals surface area contributed by atoms with Gasteiger partial charge in [-0.25, -0.2) is 4.98 Å². The maximum Gasteiger partial charge on any atom is 0.226 e. The van der Waals surface area contributed by atoms with Crippen molar-refractivity contribution < 1.29 is 9.53 Å². The van der Waals surface area contributed by atoms with E-state index in [2.05, 4.69) is 11.9 Å². The first-order chi connectivity index (χ1) is 10.2. The van der Waals surface area contributed by atoms with Gasteiger partial charge in [0.25, 0.3) is 0 Å². The molecule has 0 N–H and O–H groups in total. The molecule has 3 unspecified atom stereocenters. The number of carbonyl (C=O) groups excluding carboxylic acids is 1. The maximum atomic E-state index is 12.2. The number of ether oxygens (including phenoxy) is 1. The summed E-state index contributed by atoms with van der Waals surface area (Å²) in [6.45, 7) is 3.97. The predicted octanol–water partition coefficient (Wildman–Crippen LogP) is 2.20. The average Bonchev–Trinajstić information content (AvgIpc) is 3.03. The summed E-state index contributed by atoms with van der Waals surface area (Å²) in [6, 6.07) is 5.74. The van der Waals surface area contributed by atoms with Crippen molar-refractivity contribution in [2.75, 3.05) is 18.8 Å². The van der Waals surface area contributed by atoms with E-state index in [1.54, 1.807) is 6.20 Å². The Bertz CT molecular complexity index is 544. The Balaban J connectivity index is 1.30. The summed E-state index contributed by atoms with van der Waals surface area (Å²) < 4.78 is 6.19. The number of rotatable bonds is 3. The SMILES string of the molecule is CC1CC1C(=O)N1CC2(CC(Oc3ccccn3)CS2)C1. The molecular weight excluding hydrogens is 284 g/mol. The lowest BCUT2D eigenvalue weighted by atomic mass is 9.92. The van der Waals surface area contributed by atoms with Gasteiger partial charge in [-0.15, -0.1) is 11.8 Å². The summed E-state index contributed by atoms with van der Waals surface area (Å²) in [5.41, 5.74) is 0. The Kier molecular flexibility index (Phi) is 3.14. The van der Waals surface area contributed by atoms with E-state index in [4.69, 9.17) is 4.74 Å². The van der Waals surface area contributed by atoms with Gasteiger partial charge in [-0.3, -0.25) is 4.79 Å². The topological polar surface area (TPSA) is 42.4 Å². The van der Waals surface area contributed by atoms with Crippen molar-refractivity contribution in [1.82, 2.24) is 9.88 Å². The molecule has 21 heavy (non-hydrogen) atoms. The van der Waals surface area contributed by atoms with Crippen molar-refractivity contribution in [1.29, 1.82) is 0 Å². The molecule has 2 aliphatic heterocycles. The monoisotopic (exact) mass is 304 g/mol. The fourth-order valence-corrected chi connectivity index (χ4v) is 4.92. The van der Waals surface area contributed by atoms with Crippen LogP contribution in [0.2, 0.25) is 0 Å². The van der Waals surface area contributed by atoms with Crippen LogP contribution in [0.3, 0.4) is 0 Å². The smallest absolute Gasteiger partial charge is 0.226 e. The molecule has 1 amide bonds. The molecule has 0 bridgehead atoms. The van der Waals surface area contributed by atoms with Crippen LogP contribution in [0.15, 0.2) is 24.4 Å². The zero-order chi connectivity index (χ0) is 14.4. The molecule has 0 aromatic carbocycles. The van der Waals surface area contributed by atoms with Crippen molar-refractivity contribution in [2.45, 2.75) is 30.6 Å². The fraction of sp³-hybridized carbons (Fsp3) is 0.625. The first-order valence-corrected chi connectivity index (χ1v) is 8.64. The number of amides is 1. The molecule has 3 atom stereocenters. The molecule has 1 spiro atoms. The average molecular weight is 304 g/mol. The highest BCUT2D eigenvalue weighted by molar-refractivity contribution is 8.01. The molecular formula is C16H20N2O2S. The van der Waals surface area contributed by atoms with E-state index in [0.29, 0.717) is 23.6 Å². The normalized spacial score (nSPS) is 32.8. The first-order valence-electron chi connectivity index (χ1n) is 7.66. The molecule has 112 valence electrons. The summed E-state index contributed by atoms with van der Waals surface area (Å²) in [7, 11) is 0. The summed E-state index contributed by atoms with van der Waals surface area (Å²) in [5.74, 6) is 3.00. The van der Waals surface area contributed by atoms with E-state index in [1.807, 2.05) is 34.9 Å². The van der Waals surface area contributed by atoms with E-state index >= 15 is 0 Å². The number of nitrogens with zero attached hydrogens (tertiary/aromatic N) is 2.